The molecule has 31 heavy (non-hydrogen) atoms. The van der Waals surface area contributed by atoms with Crippen molar-refractivity contribution in [3.8, 4) is 5.13 Å². The first-order chi connectivity index (χ1) is 15.0. The number of rotatable bonds is 7. The Morgan fingerprint density at radius 2 is 2.13 bits per heavy atom. The highest BCUT2D eigenvalue weighted by molar-refractivity contribution is 7.80. The lowest BCUT2D eigenvalue weighted by Crippen LogP contribution is -2.31. The quantitative estimate of drug-likeness (QED) is 0.428. The Labute approximate surface area is 191 Å². The third kappa shape index (κ3) is 4.20. The van der Waals surface area contributed by atoms with E-state index in [1.165, 1.54) is 12.7 Å². The zero-order valence-electron chi connectivity index (χ0n) is 17.7. The van der Waals surface area contributed by atoms with Crippen LogP contribution in [0.2, 0.25) is 0 Å². The summed E-state index contributed by atoms with van der Waals surface area (Å²) >= 11 is 7.33. The molecule has 0 aromatic carbocycles. The molecule has 1 N–H and O–H groups in total. The molecule has 3 aromatic heterocycles. The lowest BCUT2D eigenvalue weighted by Gasteiger charge is -2.28. The van der Waals surface area contributed by atoms with Crippen molar-refractivity contribution < 1.29 is 9.53 Å². The van der Waals surface area contributed by atoms with Gasteiger partial charge in [0.25, 0.3) is 0 Å². The first-order valence-corrected chi connectivity index (χ1v) is 11.4. The van der Waals surface area contributed by atoms with Gasteiger partial charge in [0.2, 0.25) is 0 Å². The first kappa shape index (κ1) is 21.5. The number of hydrogen-bond acceptors (Lipinski definition) is 6. The van der Waals surface area contributed by atoms with Crippen molar-refractivity contribution in [3.05, 3.63) is 64.7 Å². The molecule has 0 bridgehead atoms. The van der Waals surface area contributed by atoms with Crippen molar-refractivity contribution in [1.29, 1.82) is 0 Å². The van der Waals surface area contributed by atoms with Gasteiger partial charge >= 0.3 is 5.97 Å². The van der Waals surface area contributed by atoms with E-state index in [2.05, 4.69) is 44.7 Å². The Morgan fingerprint density at radius 1 is 1.29 bits per heavy atom. The summed E-state index contributed by atoms with van der Waals surface area (Å²) in [5.41, 5.74) is 4.36. The second-order valence-electron chi connectivity index (χ2n) is 7.48. The second-order valence-corrected chi connectivity index (χ2v) is 8.74. The van der Waals surface area contributed by atoms with Crippen LogP contribution in [0.5, 0.6) is 0 Å². The fourth-order valence-corrected chi connectivity index (χ4v) is 5.27. The van der Waals surface area contributed by atoms with Crippen molar-refractivity contribution in [2.75, 3.05) is 13.7 Å². The molecule has 1 aliphatic heterocycles. The maximum Gasteiger partial charge on any atom is 0.305 e. The number of nitrogens with zero attached hydrogens (tertiary/aromatic N) is 4. The molecule has 1 saturated heterocycles. The summed E-state index contributed by atoms with van der Waals surface area (Å²) < 4.78 is 6.98. The van der Waals surface area contributed by atoms with Crippen molar-refractivity contribution in [3.63, 3.8) is 0 Å². The molecule has 1 fully saturated rings. The second kappa shape index (κ2) is 9.15. The number of thiocarbonyl (C=S) groups is 1. The molecule has 0 unspecified atom stereocenters. The number of aromatic nitrogens is 3. The van der Waals surface area contributed by atoms with Gasteiger partial charge in [-0.05, 0) is 56.2 Å². The number of pyridine rings is 1. The summed E-state index contributed by atoms with van der Waals surface area (Å²) in [6.45, 7) is 4.86. The smallest absolute Gasteiger partial charge is 0.305 e. The number of aryl methyl sites for hydroxylation is 1. The van der Waals surface area contributed by atoms with E-state index in [9.17, 15) is 4.79 Å². The molecule has 2 atom stereocenters. The van der Waals surface area contributed by atoms with Gasteiger partial charge in [-0.15, -0.1) is 11.3 Å². The molecule has 0 aliphatic carbocycles. The summed E-state index contributed by atoms with van der Waals surface area (Å²) in [5.74, 6) is -0.210. The molecule has 7 nitrogen and oxygen atoms in total. The predicted molar refractivity (Wildman–Crippen MR) is 124 cm³/mol. The van der Waals surface area contributed by atoms with Crippen molar-refractivity contribution >= 4 is 34.6 Å². The summed E-state index contributed by atoms with van der Waals surface area (Å²) in [6, 6.07) is 8.00. The largest absolute Gasteiger partial charge is 0.469 e. The van der Waals surface area contributed by atoms with Crippen LogP contribution in [-0.4, -0.2) is 44.2 Å². The zero-order valence-corrected chi connectivity index (χ0v) is 19.4. The third-order valence-electron chi connectivity index (χ3n) is 5.60. The Kier molecular flexibility index (Phi) is 6.33. The molecule has 0 saturated carbocycles. The number of esters is 1. The van der Waals surface area contributed by atoms with E-state index in [1.54, 1.807) is 17.5 Å². The average Bonchev–Trinajstić information content (AvgIpc) is 3.47. The number of hydrogen-bond donors (Lipinski definition) is 1. The number of thiazole rings is 1. The fourth-order valence-electron chi connectivity index (χ4n) is 4.19. The Morgan fingerprint density at radius 3 is 2.81 bits per heavy atom. The van der Waals surface area contributed by atoms with Crippen molar-refractivity contribution in [2.24, 2.45) is 0 Å². The first-order valence-electron chi connectivity index (χ1n) is 10.1. The van der Waals surface area contributed by atoms with Gasteiger partial charge < -0.3 is 15.0 Å². The fraction of sp³-hybridized carbons (Fsp3) is 0.364. The molecule has 0 spiro atoms. The molecule has 0 radical (unpaired) electrons. The highest BCUT2D eigenvalue weighted by atomic mass is 32.1. The van der Waals surface area contributed by atoms with Crippen LogP contribution in [0.15, 0.2) is 42.0 Å². The maximum absolute atomic E-state index is 11.6. The summed E-state index contributed by atoms with van der Waals surface area (Å²) in [6.07, 6.45) is 4.64. The number of nitrogens with one attached hydrogen (secondary N) is 1. The summed E-state index contributed by atoms with van der Waals surface area (Å²) in [7, 11) is 1.41. The van der Waals surface area contributed by atoms with E-state index in [4.69, 9.17) is 17.0 Å². The predicted octanol–water partition coefficient (Wildman–Crippen LogP) is 3.87. The average molecular weight is 456 g/mol. The van der Waals surface area contributed by atoms with E-state index in [1.807, 2.05) is 29.8 Å². The van der Waals surface area contributed by atoms with E-state index < -0.39 is 0 Å². The topological polar surface area (TPSA) is 72.3 Å². The van der Waals surface area contributed by atoms with Crippen molar-refractivity contribution in [1.82, 2.24) is 24.8 Å². The normalized spacial score (nSPS) is 18.3. The third-order valence-corrected chi connectivity index (χ3v) is 6.71. The highest BCUT2D eigenvalue weighted by Crippen LogP contribution is 2.41. The minimum atomic E-state index is -0.210. The molecular formula is C22H25N5O2S2. The van der Waals surface area contributed by atoms with Crippen LogP contribution in [0.3, 0.4) is 0 Å². The Balaban J connectivity index is 1.73. The molecule has 3 aromatic rings. The summed E-state index contributed by atoms with van der Waals surface area (Å²) in [5, 5.41) is 7.07. The number of carbonyl (C=O) groups excluding carboxylic acids is 1. The Bertz CT molecular complexity index is 1070. The van der Waals surface area contributed by atoms with E-state index >= 15 is 0 Å². The number of ether oxygens (including phenoxy) is 1. The lowest BCUT2D eigenvalue weighted by atomic mass is 9.96. The Hall–Kier alpha value is -2.78. The van der Waals surface area contributed by atoms with Gasteiger partial charge in [0.05, 0.1) is 24.9 Å². The van der Waals surface area contributed by atoms with Gasteiger partial charge in [-0.3, -0.25) is 14.3 Å². The molecule has 0 amide bonds. The van der Waals surface area contributed by atoms with Crippen LogP contribution in [0, 0.1) is 13.8 Å². The van der Waals surface area contributed by atoms with Gasteiger partial charge in [0.1, 0.15) is 0 Å². The van der Waals surface area contributed by atoms with Gasteiger partial charge in [0, 0.05) is 42.1 Å². The number of methoxy groups -OCH3 is 1. The lowest BCUT2D eigenvalue weighted by molar-refractivity contribution is -0.140. The minimum absolute atomic E-state index is 0.0417. The molecule has 9 heteroatoms. The SMILES string of the molecule is COC(=O)CCCN1C(=S)N[C@H](c2ccccn2)[C@H]1c1cc(C)n(-c2nccs2)c1C. The van der Waals surface area contributed by atoms with Crippen molar-refractivity contribution in [2.45, 2.75) is 38.8 Å². The van der Waals surface area contributed by atoms with Gasteiger partial charge in [-0.25, -0.2) is 4.98 Å². The maximum atomic E-state index is 11.6. The minimum Gasteiger partial charge on any atom is -0.469 e. The molecule has 162 valence electrons. The zero-order chi connectivity index (χ0) is 22.0. The van der Waals surface area contributed by atoms with Crippen LogP contribution in [-0.2, 0) is 9.53 Å². The monoisotopic (exact) mass is 455 g/mol. The van der Waals surface area contributed by atoms with E-state index in [0.717, 1.165) is 22.2 Å². The van der Waals surface area contributed by atoms with E-state index in [-0.39, 0.29) is 18.1 Å². The van der Waals surface area contributed by atoms with Gasteiger partial charge in [0.15, 0.2) is 10.2 Å². The number of carbonyl (C=O) groups is 1. The van der Waals surface area contributed by atoms with Crippen LogP contribution in [0.25, 0.3) is 5.13 Å². The van der Waals surface area contributed by atoms with E-state index in [0.29, 0.717) is 24.5 Å². The van der Waals surface area contributed by atoms with Gasteiger partial charge in [-0.2, -0.15) is 0 Å². The molecule has 1 aliphatic rings. The van der Waals surface area contributed by atoms with Crippen LogP contribution >= 0.6 is 23.6 Å². The highest BCUT2D eigenvalue weighted by Gasteiger charge is 2.41. The molecular weight excluding hydrogens is 430 g/mol. The van der Waals surface area contributed by atoms with Crippen LogP contribution < -0.4 is 5.32 Å². The standard InChI is InChI=1S/C22H25N5O2S2/c1-14-13-16(15(2)27(14)22-24-10-12-31-22)20-19(17-7-4-5-9-23-17)25-21(30)26(20)11-6-8-18(28)29-3/h4-5,7,9-10,12-13,19-20H,6,8,11H2,1-3H3,(H,25,30)/t19-,20-/m1/s1. The molecule has 4 rings (SSSR count). The molecule has 4 heterocycles. The van der Waals surface area contributed by atoms with Crippen LogP contribution in [0.4, 0.5) is 0 Å². The van der Waals surface area contributed by atoms with Gasteiger partial charge in [-0.1, -0.05) is 6.07 Å². The van der Waals surface area contributed by atoms with Crippen LogP contribution in [0.1, 0.15) is 47.6 Å². The summed E-state index contributed by atoms with van der Waals surface area (Å²) in [4.78, 5) is 22.9.